The maximum absolute atomic E-state index is 12.7. The molecule has 3 N–H and O–H groups in total. The van der Waals surface area contributed by atoms with Crippen molar-refractivity contribution in [2.75, 3.05) is 14.2 Å². The molecule has 0 amide bonds. The van der Waals surface area contributed by atoms with Crippen LogP contribution < -0.4 is 4.74 Å². The zero-order valence-electron chi connectivity index (χ0n) is 14.8. The van der Waals surface area contributed by atoms with Crippen molar-refractivity contribution in [1.29, 1.82) is 0 Å². The third-order valence-corrected chi connectivity index (χ3v) is 4.08. The summed E-state index contributed by atoms with van der Waals surface area (Å²) in [5.74, 6) is -4.04. The Bertz CT molecular complexity index is 846. The molecule has 0 radical (unpaired) electrons. The van der Waals surface area contributed by atoms with E-state index in [9.17, 15) is 19.8 Å². The van der Waals surface area contributed by atoms with Crippen LogP contribution in [0, 0.1) is 0 Å². The van der Waals surface area contributed by atoms with Crippen molar-refractivity contribution in [2.45, 2.75) is 11.4 Å². The van der Waals surface area contributed by atoms with E-state index in [1.807, 2.05) is 0 Å². The van der Waals surface area contributed by atoms with Gasteiger partial charge in [0.2, 0.25) is 11.4 Å². The number of aliphatic carboxylic acids is 1. The molecule has 1 aromatic carbocycles. The van der Waals surface area contributed by atoms with Gasteiger partial charge in [-0.1, -0.05) is 24.3 Å². The number of hydrogen-bond donors (Lipinski definition) is 3. The molecule has 0 aromatic heterocycles. The molecule has 1 aromatic rings. The summed E-state index contributed by atoms with van der Waals surface area (Å²) in [5.41, 5.74) is -1.25. The highest BCUT2D eigenvalue weighted by atomic mass is 16.6. The number of ketones is 1. The van der Waals surface area contributed by atoms with E-state index in [4.69, 9.17) is 14.6 Å². The smallest absolute Gasteiger partial charge is 0.328 e. The Hall–Kier alpha value is -3.00. The number of hydrogen-bond acceptors (Lipinski definition) is 6. The average molecular weight is 372 g/mol. The summed E-state index contributed by atoms with van der Waals surface area (Å²) < 4.78 is 10.4. The SMILES string of the molecule is COc1ccccc1/C=C/C(=O)C1(OC)C=CC(/C=C/C(=O)O)=CC1(O)O. The molecule has 0 spiro atoms. The maximum Gasteiger partial charge on any atom is 0.328 e. The molecule has 1 aliphatic carbocycles. The van der Waals surface area contributed by atoms with Gasteiger partial charge < -0.3 is 24.8 Å². The molecule has 1 atom stereocenters. The van der Waals surface area contributed by atoms with Gasteiger partial charge in [-0.05, 0) is 42.0 Å². The minimum absolute atomic E-state index is 0.205. The number of ether oxygens (including phenoxy) is 2. The Morgan fingerprint density at radius 3 is 2.37 bits per heavy atom. The van der Waals surface area contributed by atoms with Crippen molar-refractivity contribution in [1.82, 2.24) is 0 Å². The summed E-state index contributed by atoms with van der Waals surface area (Å²) in [6.07, 6.45) is 8.18. The number of rotatable bonds is 7. The molecule has 1 aliphatic rings. The van der Waals surface area contributed by atoms with Crippen LogP contribution in [0.5, 0.6) is 5.75 Å². The fourth-order valence-corrected chi connectivity index (χ4v) is 2.67. The van der Waals surface area contributed by atoms with E-state index in [-0.39, 0.29) is 5.57 Å². The number of carboxylic acid groups (broad SMARTS) is 1. The minimum Gasteiger partial charge on any atom is -0.496 e. The van der Waals surface area contributed by atoms with E-state index >= 15 is 0 Å². The fourth-order valence-electron chi connectivity index (χ4n) is 2.67. The predicted octanol–water partition coefficient (Wildman–Crippen LogP) is 1.48. The molecule has 0 bridgehead atoms. The third kappa shape index (κ3) is 4.22. The van der Waals surface area contributed by atoms with Gasteiger partial charge in [-0.2, -0.15) is 0 Å². The molecule has 7 nitrogen and oxygen atoms in total. The lowest BCUT2D eigenvalue weighted by molar-refractivity contribution is -0.226. The highest BCUT2D eigenvalue weighted by Crippen LogP contribution is 2.34. The summed E-state index contributed by atoms with van der Waals surface area (Å²) in [5, 5.41) is 29.5. The second-order valence-corrected chi connectivity index (χ2v) is 5.75. The Labute approximate surface area is 156 Å². The Kier molecular flexibility index (Phi) is 6.12. The molecule has 27 heavy (non-hydrogen) atoms. The normalized spacial score (nSPS) is 21.4. The van der Waals surface area contributed by atoms with Crippen molar-refractivity contribution < 1.29 is 34.4 Å². The third-order valence-electron chi connectivity index (χ3n) is 4.08. The Morgan fingerprint density at radius 2 is 1.78 bits per heavy atom. The first-order valence-corrected chi connectivity index (χ1v) is 7.94. The van der Waals surface area contributed by atoms with Gasteiger partial charge in [-0.25, -0.2) is 4.79 Å². The van der Waals surface area contributed by atoms with E-state index in [0.29, 0.717) is 11.3 Å². The number of methoxy groups -OCH3 is 2. The molecule has 1 unspecified atom stereocenters. The topological polar surface area (TPSA) is 113 Å². The molecule has 7 heteroatoms. The van der Waals surface area contributed by atoms with Gasteiger partial charge in [0.05, 0.1) is 7.11 Å². The van der Waals surface area contributed by atoms with E-state index in [2.05, 4.69) is 0 Å². The lowest BCUT2D eigenvalue weighted by Gasteiger charge is -2.38. The molecule has 0 aliphatic heterocycles. The number of para-hydroxylation sites is 1. The van der Waals surface area contributed by atoms with Gasteiger partial charge in [0.1, 0.15) is 5.75 Å². The second kappa shape index (κ2) is 8.13. The van der Waals surface area contributed by atoms with Gasteiger partial charge in [-0.3, -0.25) is 4.79 Å². The van der Waals surface area contributed by atoms with Crippen LogP contribution in [0.1, 0.15) is 5.56 Å². The summed E-state index contributed by atoms with van der Waals surface area (Å²) >= 11 is 0. The van der Waals surface area contributed by atoms with Crippen molar-refractivity contribution in [2.24, 2.45) is 0 Å². The number of carboxylic acids is 1. The number of benzene rings is 1. The maximum atomic E-state index is 12.7. The number of allylic oxidation sites excluding steroid dienone is 3. The lowest BCUT2D eigenvalue weighted by atomic mass is 9.82. The predicted molar refractivity (Wildman–Crippen MR) is 97.9 cm³/mol. The number of carbonyl (C=O) groups excluding carboxylic acids is 1. The van der Waals surface area contributed by atoms with E-state index < -0.39 is 23.1 Å². The van der Waals surface area contributed by atoms with Gasteiger partial charge in [0, 0.05) is 18.7 Å². The van der Waals surface area contributed by atoms with Crippen LogP contribution in [-0.4, -0.2) is 52.7 Å². The zero-order chi connectivity index (χ0) is 20.1. The molecule has 0 heterocycles. The summed E-state index contributed by atoms with van der Waals surface area (Å²) in [7, 11) is 2.67. The van der Waals surface area contributed by atoms with Crippen LogP contribution >= 0.6 is 0 Å². The Balaban J connectivity index is 2.34. The molecule has 0 saturated heterocycles. The van der Waals surface area contributed by atoms with Crippen molar-refractivity contribution in [3.05, 3.63) is 71.9 Å². The van der Waals surface area contributed by atoms with Crippen LogP contribution in [0.25, 0.3) is 6.08 Å². The van der Waals surface area contributed by atoms with Crippen molar-refractivity contribution in [3.63, 3.8) is 0 Å². The second-order valence-electron chi connectivity index (χ2n) is 5.75. The minimum atomic E-state index is -2.68. The van der Waals surface area contributed by atoms with Crippen LogP contribution in [-0.2, 0) is 14.3 Å². The first kappa shape index (κ1) is 20.3. The van der Waals surface area contributed by atoms with Gasteiger partial charge >= 0.3 is 5.97 Å². The standard InChI is InChI=1S/C20H20O7/c1-26-16-6-4-3-5-15(16)8-9-17(21)19(27-2)12-11-14(7-10-18(22)23)13-20(19,24)25/h3-13,24-25H,1-2H3,(H,22,23)/b9-8+,10-7+. The van der Waals surface area contributed by atoms with Crippen molar-refractivity contribution >= 4 is 17.8 Å². The summed E-state index contributed by atoms with van der Waals surface area (Å²) in [6, 6.07) is 7.01. The average Bonchev–Trinajstić information content (AvgIpc) is 2.64. The zero-order valence-corrected chi connectivity index (χ0v) is 14.8. The molecule has 2 rings (SSSR count). The molecular formula is C20H20O7. The van der Waals surface area contributed by atoms with E-state index in [1.54, 1.807) is 24.3 Å². The summed E-state index contributed by atoms with van der Waals surface area (Å²) in [4.78, 5) is 23.4. The fraction of sp³-hybridized carbons (Fsp3) is 0.200. The van der Waals surface area contributed by atoms with E-state index in [1.165, 1.54) is 44.6 Å². The van der Waals surface area contributed by atoms with Crippen LogP contribution in [0.3, 0.4) is 0 Å². The first-order chi connectivity index (χ1) is 12.8. The van der Waals surface area contributed by atoms with Gasteiger partial charge in [0.15, 0.2) is 5.78 Å². The quantitative estimate of drug-likeness (QED) is 0.491. The van der Waals surface area contributed by atoms with Crippen LogP contribution in [0.15, 0.2) is 66.3 Å². The molecular weight excluding hydrogens is 352 g/mol. The number of carbonyl (C=O) groups is 2. The van der Waals surface area contributed by atoms with Crippen LogP contribution in [0.4, 0.5) is 0 Å². The van der Waals surface area contributed by atoms with Crippen molar-refractivity contribution in [3.8, 4) is 5.75 Å². The first-order valence-electron chi connectivity index (χ1n) is 7.94. The number of aliphatic hydroxyl groups is 2. The van der Waals surface area contributed by atoms with Gasteiger partial charge in [-0.15, -0.1) is 0 Å². The molecule has 0 fully saturated rings. The van der Waals surface area contributed by atoms with Gasteiger partial charge in [0.25, 0.3) is 0 Å². The summed E-state index contributed by atoms with van der Waals surface area (Å²) in [6.45, 7) is 0. The molecule has 142 valence electrons. The highest BCUT2D eigenvalue weighted by molar-refractivity contribution is 6.03. The largest absolute Gasteiger partial charge is 0.496 e. The van der Waals surface area contributed by atoms with Crippen LogP contribution in [0.2, 0.25) is 0 Å². The highest BCUT2D eigenvalue weighted by Gasteiger charge is 2.53. The lowest BCUT2D eigenvalue weighted by Crippen LogP contribution is -2.59. The Morgan fingerprint density at radius 1 is 1.07 bits per heavy atom. The monoisotopic (exact) mass is 372 g/mol. The molecule has 0 saturated carbocycles. The van der Waals surface area contributed by atoms with E-state index in [0.717, 1.165) is 12.2 Å².